The molecule has 0 aliphatic heterocycles. The molecule has 0 saturated heterocycles. The van der Waals surface area contributed by atoms with Crippen LogP contribution in [0.2, 0.25) is 0 Å². The largest absolute Gasteiger partial charge is 0.100 e. The molecule has 0 nitrogen and oxygen atoms in total. The van der Waals surface area contributed by atoms with E-state index in [0.717, 1.165) is 22.7 Å². The summed E-state index contributed by atoms with van der Waals surface area (Å²) in [6, 6.07) is 0. The molecule has 2 bridgehead atoms. The van der Waals surface area contributed by atoms with Gasteiger partial charge in [-0.1, -0.05) is 12.5 Å². The Morgan fingerprint density at radius 3 is 2.12 bits per heavy atom. The Bertz CT molecular complexity index is 284. The van der Waals surface area contributed by atoms with E-state index in [1.54, 1.807) is 19.3 Å². The third-order valence-corrected chi connectivity index (χ3v) is 5.69. The third-order valence-electron chi connectivity index (χ3n) is 5.69. The Kier molecular flexibility index (Phi) is 2.29. The Labute approximate surface area is 101 Å². The van der Waals surface area contributed by atoms with Gasteiger partial charge in [0.15, 0.2) is 0 Å². The lowest BCUT2D eigenvalue weighted by Gasteiger charge is -2.73. The van der Waals surface area contributed by atoms with Crippen LogP contribution < -0.4 is 0 Å². The van der Waals surface area contributed by atoms with Crippen molar-refractivity contribution in [3.05, 3.63) is 12.2 Å². The van der Waals surface area contributed by atoms with Crippen LogP contribution in [0.15, 0.2) is 12.2 Å². The van der Waals surface area contributed by atoms with Crippen molar-refractivity contribution in [2.24, 2.45) is 22.7 Å². The molecule has 4 saturated carbocycles. The molecule has 90 valence electrons. The van der Waals surface area contributed by atoms with Crippen molar-refractivity contribution in [3.63, 3.8) is 0 Å². The smallest absolute Gasteiger partial charge is 0.0254 e. The van der Waals surface area contributed by atoms with Crippen LogP contribution >= 0.6 is 0 Å². The molecule has 0 heterocycles. The second-order valence-electron chi connectivity index (χ2n) is 7.58. The standard InChI is InChI=1S/C16H26/c1-12(2)8-13-4-6-14(7-5-13)16-9-15(3,10-16)11-16/h13-14H,1,4-11H2,2-3H3. The van der Waals surface area contributed by atoms with Gasteiger partial charge in [0.25, 0.3) is 0 Å². The molecule has 4 aliphatic carbocycles. The van der Waals surface area contributed by atoms with E-state index in [-0.39, 0.29) is 0 Å². The Balaban J connectivity index is 1.50. The predicted molar refractivity (Wildman–Crippen MR) is 69.3 cm³/mol. The second kappa shape index (κ2) is 3.37. The zero-order valence-electron chi connectivity index (χ0n) is 11.0. The summed E-state index contributed by atoms with van der Waals surface area (Å²) in [4.78, 5) is 0. The van der Waals surface area contributed by atoms with E-state index in [1.165, 1.54) is 37.7 Å². The molecule has 4 fully saturated rings. The fraction of sp³-hybridized carbons (Fsp3) is 0.875. The van der Waals surface area contributed by atoms with Crippen LogP contribution in [-0.4, -0.2) is 0 Å². The first kappa shape index (κ1) is 10.9. The van der Waals surface area contributed by atoms with Crippen molar-refractivity contribution in [3.8, 4) is 0 Å². The van der Waals surface area contributed by atoms with Crippen LogP contribution in [-0.2, 0) is 0 Å². The third kappa shape index (κ3) is 1.57. The van der Waals surface area contributed by atoms with E-state index < -0.39 is 0 Å². The summed E-state index contributed by atoms with van der Waals surface area (Å²) in [5.74, 6) is 2.06. The SMILES string of the molecule is C=C(C)CC1CCC(C23CC(C)(C2)C3)CC1. The minimum Gasteiger partial charge on any atom is -0.100 e. The van der Waals surface area contributed by atoms with Crippen LogP contribution in [0, 0.1) is 22.7 Å². The van der Waals surface area contributed by atoms with Gasteiger partial charge in [-0.15, -0.1) is 6.58 Å². The summed E-state index contributed by atoms with van der Waals surface area (Å²) >= 11 is 0. The second-order valence-corrected chi connectivity index (χ2v) is 7.58. The molecule has 0 heteroatoms. The van der Waals surface area contributed by atoms with Gasteiger partial charge in [-0.05, 0) is 81.0 Å². The number of allylic oxidation sites excluding steroid dienone is 1. The number of hydrogen-bond acceptors (Lipinski definition) is 0. The van der Waals surface area contributed by atoms with Crippen LogP contribution in [0.1, 0.15) is 65.2 Å². The summed E-state index contributed by atoms with van der Waals surface area (Å²) in [5.41, 5.74) is 3.04. The predicted octanol–water partition coefficient (Wildman–Crippen LogP) is 4.95. The molecule has 0 unspecified atom stereocenters. The van der Waals surface area contributed by atoms with E-state index in [1.807, 2.05) is 0 Å². The highest BCUT2D eigenvalue weighted by atomic mass is 14.7. The maximum Gasteiger partial charge on any atom is -0.0254 e. The quantitative estimate of drug-likeness (QED) is 0.588. The average molecular weight is 218 g/mol. The van der Waals surface area contributed by atoms with Gasteiger partial charge in [-0.3, -0.25) is 0 Å². The van der Waals surface area contributed by atoms with Crippen molar-refractivity contribution >= 4 is 0 Å². The normalized spacial score (nSPS) is 50.4. The summed E-state index contributed by atoms with van der Waals surface area (Å²) in [6.07, 6.45) is 12.0. The Morgan fingerprint density at radius 1 is 1.12 bits per heavy atom. The van der Waals surface area contributed by atoms with Gasteiger partial charge in [-0.25, -0.2) is 0 Å². The van der Waals surface area contributed by atoms with E-state index >= 15 is 0 Å². The number of hydrogen-bond donors (Lipinski definition) is 0. The van der Waals surface area contributed by atoms with Crippen LogP contribution in [0.4, 0.5) is 0 Å². The summed E-state index contributed by atoms with van der Waals surface area (Å²) in [6.45, 7) is 8.74. The minimum absolute atomic E-state index is 0.800. The molecular formula is C16H26. The van der Waals surface area contributed by atoms with Crippen molar-refractivity contribution in [2.45, 2.75) is 65.2 Å². The van der Waals surface area contributed by atoms with Crippen LogP contribution in [0.25, 0.3) is 0 Å². The van der Waals surface area contributed by atoms with Crippen molar-refractivity contribution < 1.29 is 0 Å². The Hall–Kier alpha value is -0.260. The highest BCUT2D eigenvalue weighted by Gasteiger charge is 2.67. The van der Waals surface area contributed by atoms with Gasteiger partial charge >= 0.3 is 0 Å². The summed E-state index contributed by atoms with van der Waals surface area (Å²) < 4.78 is 0. The van der Waals surface area contributed by atoms with Crippen molar-refractivity contribution in [1.82, 2.24) is 0 Å². The van der Waals surface area contributed by atoms with Gasteiger partial charge in [0.05, 0.1) is 0 Å². The van der Waals surface area contributed by atoms with Crippen molar-refractivity contribution in [1.29, 1.82) is 0 Å². The number of rotatable bonds is 3. The minimum atomic E-state index is 0.800. The highest BCUT2D eigenvalue weighted by Crippen LogP contribution is 2.77. The maximum absolute atomic E-state index is 4.06. The molecule has 0 aromatic carbocycles. The van der Waals surface area contributed by atoms with E-state index in [9.17, 15) is 0 Å². The molecule has 0 aromatic rings. The molecular weight excluding hydrogens is 192 g/mol. The first-order chi connectivity index (χ1) is 7.51. The first-order valence-corrected chi connectivity index (χ1v) is 7.16. The first-order valence-electron chi connectivity index (χ1n) is 7.16. The Morgan fingerprint density at radius 2 is 1.69 bits per heavy atom. The molecule has 0 atom stereocenters. The zero-order chi connectivity index (χ0) is 11.4. The van der Waals surface area contributed by atoms with Crippen LogP contribution in [0.5, 0.6) is 0 Å². The monoisotopic (exact) mass is 218 g/mol. The molecule has 0 radical (unpaired) electrons. The molecule has 0 amide bonds. The van der Waals surface area contributed by atoms with Gasteiger partial charge in [0, 0.05) is 0 Å². The molecule has 0 spiro atoms. The summed E-state index contributed by atoms with van der Waals surface area (Å²) in [5, 5.41) is 0. The molecule has 16 heavy (non-hydrogen) atoms. The average Bonchev–Trinajstić information content (AvgIpc) is 2.12. The molecule has 0 aromatic heterocycles. The highest BCUT2D eigenvalue weighted by molar-refractivity contribution is 5.17. The maximum atomic E-state index is 4.06. The molecule has 4 rings (SSSR count). The van der Waals surface area contributed by atoms with Gasteiger partial charge in [0.1, 0.15) is 0 Å². The van der Waals surface area contributed by atoms with Crippen molar-refractivity contribution in [2.75, 3.05) is 0 Å². The van der Waals surface area contributed by atoms with Gasteiger partial charge in [0.2, 0.25) is 0 Å². The van der Waals surface area contributed by atoms with E-state index in [2.05, 4.69) is 20.4 Å². The lowest BCUT2D eigenvalue weighted by molar-refractivity contribution is -0.231. The lowest BCUT2D eigenvalue weighted by Crippen LogP contribution is -2.63. The van der Waals surface area contributed by atoms with E-state index in [0.29, 0.717) is 0 Å². The molecule has 0 N–H and O–H groups in total. The van der Waals surface area contributed by atoms with E-state index in [4.69, 9.17) is 0 Å². The van der Waals surface area contributed by atoms with Gasteiger partial charge in [-0.2, -0.15) is 0 Å². The fourth-order valence-corrected chi connectivity index (χ4v) is 5.30. The van der Waals surface area contributed by atoms with Crippen LogP contribution in [0.3, 0.4) is 0 Å². The van der Waals surface area contributed by atoms with Gasteiger partial charge < -0.3 is 0 Å². The fourth-order valence-electron chi connectivity index (χ4n) is 5.30. The zero-order valence-corrected chi connectivity index (χ0v) is 11.0. The lowest BCUT2D eigenvalue weighted by atomic mass is 9.32. The topological polar surface area (TPSA) is 0 Å². The molecule has 4 aliphatic rings. The summed E-state index contributed by atoms with van der Waals surface area (Å²) in [7, 11) is 0.